The average Bonchev–Trinajstić information content (AvgIpc) is 2.34. The largest absolute Gasteiger partial charge is 0.351 e. The minimum Gasteiger partial charge on any atom is -0.351 e. The third kappa shape index (κ3) is 5.09. The van der Waals surface area contributed by atoms with E-state index in [2.05, 4.69) is 35.1 Å². The van der Waals surface area contributed by atoms with Crippen LogP contribution in [0.3, 0.4) is 0 Å². The monoisotopic (exact) mass is 362 g/mol. The second-order valence-electron chi connectivity index (χ2n) is 4.86. The number of carbonyl (C=O) groups excluding carboxylic acids is 1. The van der Waals surface area contributed by atoms with E-state index in [4.69, 9.17) is 11.6 Å². The number of hydrogen-bond donors (Lipinski definition) is 1. The second kappa shape index (κ2) is 7.59. The molecule has 1 unspecified atom stereocenters. The molecule has 1 amide bonds. The van der Waals surface area contributed by atoms with Gasteiger partial charge in [-0.1, -0.05) is 41.4 Å². The Kier molecular flexibility index (Phi) is 6.42. The van der Waals surface area contributed by atoms with E-state index >= 15 is 0 Å². The molecule has 1 N–H and O–H groups in total. The zero-order chi connectivity index (χ0) is 15.3. The van der Waals surface area contributed by atoms with Gasteiger partial charge in [-0.3, -0.25) is 14.9 Å². The Morgan fingerprint density at radius 1 is 1.50 bits per heavy atom. The summed E-state index contributed by atoms with van der Waals surface area (Å²) in [4.78, 5) is 22.4. The molecular weight excluding hydrogens is 348 g/mol. The molecule has 0 radical (unpaired) electrons. The summed E-state index contributed by atoms with van der Waals surface area (Å²) in [5, 5.41) is 13.9. The number of rotatable bonds is 6. The lowest BCUT2D eigenvalue weighted by Gasteiger charge is -2.13. The number of benzene rings is 1. The smallest absolute Gasteiger partial charge is 0.282 e. The highest BCUT2D eigenvalue weighted by Crippen LogP contribution is 2.22. The zero-order valence-electron chi connectivity index (χ0n) is 11.2. The van der Waals surface area contributed by atoms with Gasteiger partial charge in [0.15, 0.2) is 0 Å². The highest BCUT2D eigenvalue weighted by atomic mass is 79.9. The Morgan fingerprint density at radius 3 is 2.70 bits per heavy atom. The first-order valence-corrected chi connectivity index (χ1v) is 7.46. The average molecular weight is 364 g/mol. The number of carbonyl (C=O) groups is 1. The summed E-state index contributed by atoms with van der Waals surface area (Å²) in [7, 11) is 0. The third-order valence-corrected chi connectivity index (χ3v) is 3.54. The van der Waals surface area contributed by atoms with Crippen LogP contribution in [-0.2, 0) is 0 Å². The van der Waals surface area contributed by atoms with E-state index in [1.807, 2.05) is 0 Å². The standard InChI is InChI=1S/C13H16BrClN2O3/c1-8(2)5-9(14)7-16-13(18)11-6-10(15)3-4-12(11)17(19)20/h3-4,6,8-9H,5,7H2,1-2H3,(H,16,18). The summed E-state index contributed by atoms with van der Waals surface area (Å²) < 4.78 is 0. The van der Waals surface area contributed by atoms with Gasteiger partial charge in [-0.15, -0.1) is 0 Å². The Labute approximate surface area is 131 Å². The van der Waals surface area contributed by atoms with Gasteiger partial charge in [0.05, 0.1) is 4.92 Å². The molecule has 0 aliphatic rings. The van der Waals surface area contributed by atoms with Gasteiger partial charge < -0.3 is 5.32 Å². The van der Waals surface area contributed by atoms with Crippen LogP contribution < -0.4 is 5.32 Å². The van der Waals surface area contributed by atoms with Gasteiger partial charge in [-0.25, -0.2) is 0 Å². The van der Waals surface area contributed by atoms with Crippen molar-refractivity contribution in [3.05, 3.63) is 38.9 Å². The summed E-state index contributed by atoms with van der Waals surface area (Å²) >= 11 is 9.25. The van der Waals surface area contributed by atoms with Crippen LogP contribution in [0.2, 0.25) is 5.02 Å². The molecule has 0 aliphatic heterocycles. The maximum Gasteiger partial charge on any atom is 0.282 e. The predicted octanol–water partition coefficient (Wildman–Crippen LogP) is 3.79. The molecule has 1 aromatic carbocycles. The number of hydrogen-bond acceptors (Lipinski definition) is 3. The first-order valence-electron chi connectivity index (χ1n) is 6.17. The zero-order valence-corrected chi connectivity index (χ0v) is 13.6. The molecular formula is C13H16BrClN2O3. The first-order chi connectivity index (χ1) is 9.31. The molecule has 20 heavy (non-hydrogen) atoms. The van der Waals surface area contributed by atoms with E-state index in [0.29, 0.717) is 17.5 Å². The number of nitro groups is 1. The molecule has 0 aliphatic carbocycles. The van der Waals surface area contributed by atoms with E-state index in [-0.39, 0.29) is 16.1 Å². The Hall–Kier alpha value is -1.14. The van der Waals surface area contributed by atoms with Gasteiger partial charge in [0, 0.05) is 22.5 Å². The third-order valence-electron chi connectivity index (χ3n) is 2.61. The van der Waals surface area contributed by atoms with Crippen LogP contribution in [0.5, 0.6) is 0 Å². The molecule has 0 saturated carbocycles. The number of alkyl halides is 1. The van der Waals surface area contributed by atoms with Crippen molar-refractivity contribution in [2.24, 2.45) is 5.92 Å². The fraction of sp³-hybridized carbons (Fsp3) is 0.462. The molecule has 0 heterocycles. The van der Waals surface area contributed by atoms with Crippen molar-refractivity contribution < 1.29 is 9.72 Å². The lowest BCUT2D eigenvalue weighted by molar-refractivity contribution is -0.385. The molecule has 0 saturated heterocycles. The van der Waals surface area contributed by atoms with Crippen LogP contribution in [0.25, 0.3) is 0 Å². The maximum absolute atomic E-state index is 12.0. The van der Waals surface area contributed by atoms with Gasteiger partial charge in [0.1, 0.15) is 5.56 Å². The van der Waals surface area contributed by atoms with E-state index in [9.17, 15) is 14.9 Å². The predicted molar refractivity (Wildman–Crippen MR) is 82.6 cm³/mol. The van der Waals surface area contributed by atoms with Gasteiger partial charge in [-0.2, -0.15) is 0 Å². The Bertz CT molecular complexity index is 508. The molecule has 1 atom stereocenters. The van der Waals surface area contributed by atoms with E-state index < -0.39 is 10.8 Å². The topological polar surface area (TPSA) is 72.2 Å². The van der Waals surface area contributed by atoms with Gasteiger partial charge in [-0.05, 0) is 24.5 Å². The summed E-state index contributed by atoms with van der Waals surface area (Å²) in [5.74, 6) is 0.00388. The number of amides is 1. The molecule has 110 valence electrons. The lowest BCUT2D eigenvalue weighted by Crippen LogP contribution is -2.30. The number of nitrogens with one attached hydrogen (secondary N) is 1. The molecule has 1 aromatic rings. The fourth-order valence-electron chi connectivity index (χ4n) is 1.74. The summed E-state index contributed by atoms with van der Waals surface area (Å²) in [6.07, 6.45) is 0.901. The van der Waals surface area contributed by atoms with E-state index in [0.717, 1.165) is 6.42 Å². The highest BCUT2D eigenvalue weighted by Gasteiger charge is 2.21. The summed E-state index contributed by atoms with van der Waals surface area (Å²) in [5.41, 5.74) is -0.270. The van der Waals surface area contributed by atoms with Crippen molar-refractivity contribution in [2.45, 2.75) is 25.1 Å². The quantitative estimate of drug-likeness (QED) is 0.475. The minimum absolute atomic E-state index is 0.0215. The van der Waals surface area contributed by atoms with Gasteiger partial charge in [0.2, 0.25) is 0 Å². The Balaban J connectivity index is 2.77. The highest BCUT2D eigenvalue weighted by molar-refractivity contribution is 9.09. The second-order valence-corrected chi connectivity index (χ2v) is 6.59. The van der Waals surface area contributed by atoms with Crippen molar-refractivity contribution in [1.29, 1.82) is 0 Å². The molecule has 5 nitrogen and oxygen atoms in total. The van der Waals surface area contributed by atoms with Crippen LogP contribution in [0.4, 0.5) is 5.69 Å². The number of nitrogens with zero attached hydrogens (tertiary/aromatic N) is 1. The number of halogens is 2. The lowest BCUT2D eigenvalue weighted by atomic mass is 10.1. The van der Waals surface area contributed by atoms with Crippen LogP contribution >= 0.6 is 27.5 Å². The molecule has 0 aromatic heterocycles. The van der Waals surface area contributed by atoms with E-state index in [1.165, 1.54) is 18.2 Å². The fourth-order valence-corrected chi connectivity index (χ4v) is 2.82. The molecule has 0 bridgehead atoms. The van der Waals surface area contributed by atoms with Crippen LogP contribution in [0.15, 0.2) is 18.2 Å². The first kappa shape index (κ1) is 16.9. The van der Waals surface area contributed by atoms with Crippen LogP contribution in [-0.4, -0.2) is 22.2 Å². The number of nitro benzene ring substituents is 1. The van der Waals surface area contributed by atoms with Crippen molar-refractivity contribution in [1.82, 2.24) is 5.32 Å². The minimum atomic E-state index is -0.592. The van der Waals surface area contributed by atoms with Gasteiger partial charge >= 0.3 is 0 Å². The van der Waals surface area contributed by atoms with Gasteiger partial charge in [0.25, 0.3) is 11.6 Å². The summed E-state index contributed by atoms with van der Waals surface area (Å²) in [6.45, 7) is 4.57. The van der Waals surface area contributed by atoms with Crippen LogP contribution in [0, 0.1) is 16.0 Å². The SMILES string of the molecule is CC(C)CC(Br)CNC(=O)c1cc(Cl)ccc1[N+](=O)[O-]. The van der Waals surface area contributed by atoms with Crippen LogP contribution in [0.1, 0.15) is 30.6 Å². The van der Waals surface area contributed by atoms with Crippen molar-refractivity contribution in [3.63, 3.8) is 0 Å². The molecule has 0 fully saturated rings. The summed E-state index contributed by atoms with van der Waals surface area (Å²) in [6, 6.07) is 3.93. The maximum atomic E-state index is 12.0. The molecule has 1 rings (SSSR count). The van der Waals surface area contributed by atoms with Crippen molar-refractivity contribution in [3.8, 4) is 0 Å². The van der Waals surface area contributed by atoms with Crippen molar-refractivity contribution in [2.75, 3.05) is 6.54 Å². The molecule has 7 heteroatoms. The van der Waals surface area contributed by atoms with Crippen molar-refractivity contribution >= 4 is 39.1 Å². The Morgan fingerprint density at radius 2 is 2.15 bits per heavy atom. The molecule has 0 spiro atoms. The van der Waals surface area contributed by atoms with E-state index in [1.54, 1.807) is 0 Å². The normalized spacial score (nSPS) is 12.2.